The van der Waals surface area contributed by atoms with E-state index in [-0.39, 0.29) is 23.0 Å². The molecule has 8 heteroatoms. The molecule has 0 bridgehead atoms. The van der Waals surface area contributed by atoms with E-state index in [1.54, 1.807) is 13.8 Å². The average Bonchev–Trinajstić information content (AvgIpc) is 2.36. The molecule has 0 unspecified atom stereocenters. The Labute approximate surface area is 118 Å². The molecule has 0 heterocycles. The fourth-order valence-corrected chi connectivity index (χ4v) is 2.89. The maximum atomic E-state index is 12.3. The summed E-state index contributed by atoms with van der Waals surface area (Å²) >= 11 is 0. The van der Waals surface area contributed by atoms with Crippen molar-refractivity contribution in [3.8, 4) is 0 Å². The monoisotopic (exact) mass is 301 g/mol. The normalized spacial score (nSPS) is 11.9. The fourth-order valence-electron chi connectivity index (χ4n) is 1.56. The van der Waals surface area contributed by atoms with Crippen LogP contribution in [0, 0.1) is 0 Å². The molecule has 1 aromatic rings. The van der Waals surface area contributed by atoms with Crippen LogP contribution in [0.2, 0.25) is 0 Å². The van der Waals surface area contributed by atoms with Crippen molar-refractivity contribution in [2.45, 2.75) is 19.9 Å². The van der Waals surface area contributed by atoms with Gasteiger partial charge in [0.2, 0.25) is 0 Å². The van der Waals surface area contributed by atoms with Gasteiger partial charge in [-0.2, -0.15) is 12.7 Å². The summed E-state index contributed by atoms with van der Waals surface area (Å²) in [6.07, 6.45) is 0. The van der Waals surface area contributed by atoms with E-state index in [4.69, 9.17) is 10.8 Å². The molecule has 1 rings (SSSR count). The van der Waals surface area contributed by atoms with Gasteiger partial charge < -0.3 is 10.8 Å². The quantitative estimate of drug-likeness (QED) is 0.789. The molecule has 7 nitrogen and oxygen atoms in total. The number of hydrogen-bond donors (Lipinski definition) is 2. The van der Waals surface area contributed by atoms with Crippen molar-refractivity contribution < 1.29 is 18.3 Å². The Bertz CT molecular complexity index is 613. The summed E-state index contributed by atoms with van der Waals surface area (Å²) in [5.74, 6) is -1.12. The summed E-state index contributed by atoms with van der Waals surface area (Å²) in [7, 11) is -0.862. The number of nitrogen functional groups attached to an aromatic ring is 1. The first-order valence-electron chi connectivity index (χ1n) is 5.93. The number of carboxylic acids is 1. The number of carboxylic acid groups (broad SMARTS) is 1. The standard InChI is InChI=1S/C12H19N3O4S/c1-8(2)14(3)20(18,19)15(4)11-6-5-9(12(16)17)7-10(11)13/h5-8H,13H2,1-4H3,(H,16,17). The first-order valence-corrected chi connectivity index (χ1v) is 7.33. The smallest absolute Gasteiger partial charge is 0.335 e. The van der Waals surface area contributed by atoms with E-state index in [0.29, 0.717) is 0 Å². The Morgan fingerprint density at radius 1 is 1.30 bits per heavy atom. The van der Waals surface area contributed by atoms with Crippen LogP contribution < -0.4 is 10.0 Å². The predicted octanol–water partition coefficient (Wildman–Crippen LogP) is 0.988. The molecule has 0 aliphatic carbocycles. The summed E-state index contributed by atoms with van der Waals surface area (Å²) in [4.78, 5) is 10.8. The van der Waals surface area contributed by atoms with Crippen LogP contribution in [0.4, 0.5) is 11.4 Å². The molecule has 0 aliphatic heterocycles. The minimum atomic E-state index is -3.71. The Morgan fingerprint density at radius 3 is 2.25 bits per heavy atom. The molecule has 0 saturated carbocycles. The van der Waals surface area contributed by atoms with E-state index in [0.717, 1.165) is 4.31 Å². The van der Waals surface area contributed by atoms with Gasteiger partial charge >= 0.3 is 16.2 Å². The van der Waals surface area contributed by atoms with Crippen LogP contribution in [0.3, 0.4) is 0 Å². The lowest BCUT2D eigenvalue weighted by Crippen LogP contribution is -2.43. The van der Waals surface area contributed by atoms with Crippen LogP contribution in [0.5, 0.6) is 0 Å². The Kier molecular flexibility index (Phi) is 4.61. The molecule has 0 aromatic heterocycles. The van der Waals surface area contributed by atoms with Crippen molar-refractivity contribution in [2.75, 3.05) is 24.1 Å². The average molecular weight is 301 g/mol. The highest BCUT2D eigenvalue weighted by Crippen LogP contribution is 2.26. The number of anilines is 2. The Hall–Kier alpha value is -1.80. The molecule has 1 aromatic carbocycles. The van der Waals surface area contributed by atoms with Crippen molar-refractivity contribution in [1.82, 2.24) is 4.31 Å². The highest BCUT2D eigenvalue weighted by Gasteiger charge is 2.27. The zero-order chi connectivity index (χ0) is 15.7. The number of aromatic carboxylic acids is 1. The van der Waals surface area contributed by atoms with Crippen LogP contribution in [0.25, 0.3) is 0 Å². The molecular weight excluding hydrogens is 282 g/mol. The van der Waals surface area contributed by atoms with Crippen LogP contribution >= 0.6 is 0 Å². The Morgan fingerprint density at radius 2 is 1.85 bits per heavy atom. The topological polar surface area (TPSA) is 104 Å². The van der Waals surface area contributed by atoms with Gasteiger partial charge in [0.1, 0.15) is 0 Å². The van der Waals surface area contributed by atoms with E-state index in [2.05, 4.69) is 0 Å². The molecule has 0 radical (unpaired) electrons. The molecule has 0 atom stereocenters. The molecule has 0 aliphatic rings. The van der Waals surface area contributed by atoms with Gasteiger partial charge in [0.15, 0.2) is 0 Å². The lowest BCUT2D eigenvalue weighted by molar-refractivity contribution is 0.0697. The van der Waals surface area contributed by atoms with E-state index < -0.39 is 16.2 Å². The third-order valence-corrected chi connectivity index (χ3v) is 5.09. The molecule has 3 N–H and O–H groups in total. The summed E-state index contributed by atoms with van der Waals surface area (Å²) in [6, 6.07) is 3.72. The van der Waals surface area contributed by atoms with Gasteiger partial charge in [0.25, 0.3) is 0 Å². The molecule has 0 fully saturated rings. The van der Waals surface area contributed by atoms with Crippen LogP contribution in [0.1, 0.15) is 24.2 Å². The summed E-state index contributed by atoms with van der Waals surface area (Å²) in [6.45, 7) is 3.50. The summed E-state index contributed by atoms with van der Waals surface area (Å²) < 4.78 is 26.9. The van der Waals surface area contributed by atoms with Gasteiger partial charge in [-0.1, -0.05) is 0 Å². The van der Waals surface area contributed by atoms with Gasteiger partial charge in [-0.25, -0.2) is 4.79 Å². The lowest BCUT2D eigenvalue weighted by atomic mass is 10.2. The van der Waals surface area contributed by atoms with Crippen molar-refractivity contribution in [3.05, 3.63) is 23.8 Å². The maximum Gasteiger partial charge on any atom is 0.335 e. The molecule has 0 amide bonds. The van der Waals surface area contributed by atoms with Crippen molar-refractivity contribution >= 4 is 27.6 Å². The zero-order valence-electron chi connectivity index (χ0n) is 11.9. The highest BCUT2D eigenvalue weighted by atomic mass is 32.2. The minimum Gasteiger partial charge on any atom is -0.478 e. The third-order valence-electron chi connectivity index (χ3n) is 3.05. The molecule has 20 heavy (non-hydrogen) atoms. The lowest BCUT2D eigenvalue weighted by Gasteiger charge is -2.29. The maximum absolute atomic E-state index is 12.3. The van der Waals surface area contributed by atoms with Crippen LogP contribution in [-0.4, -0.2) is 43.9 Å². The van der Waals surface area contributed by atoms with Crippen LogP contribution in [0.15, 0.2) is 18.2 Å². The summed E-state index contributed by atoms with van der Waals surface area (Å²) in [5, 5.41) is 8.86. The van der Waals surface area contributed by atoms with Gasteiger partial charge in [-0.15, -0.1) is 0 Å². The van der Waals surface area contributed by atoms with Gasteiger partial charge in [-0.3, -0.25) is 4.31 Å². The number of hydrogen-bond acceptors (Lipinski definition) is 4. The number of nitrogens with zero attached hydrogens (tertiary/aromatic N) is 2. The zero-order valence-corrected chi connectivity index (χ0v) is 12.7. The second-order valence-electron chi connectivity index (χ2n) is 4.66. The molecule has 112 valence electrons. The van der Waals surface area contributed by atoms with Gasteiger partial charge in [0.05, 0.1) is 16.9 Å². The van der Waals surface area contributed by atoms with Gasteiger partial charge in [0, 0.05) is 20.1 Å². The molecular formula is C12H19N3O4S. The third kappa shape index (κ3) is 3.02. The first kappa shape index (κ1) is 16.3. The van der Waals surface area contributed by atoms with Crippen molar-refractivity contribution in [3.63, 3.8) is 0 Å². The SMILES string of the molecule is CC(C)N(C)S(=O)(=O)N(C)c1ccc(C(=O)O)cc1N. The van der Waals surface area contributed by atoms with Gasteiger partial charge in [-0.05, 0) is 32.0 Å². The second kappa shape index (κ2) is 5.68. The number of nitrogens with two attached hydrogens (primary N) is 1. The Balaban J connectivity index is 3.22. The van der Waals surface area contributed by atoms with Crippen LogP contribution in [-0.2, 0) is 10.2 Å². The largest absolute Gasteiger partial charge is 0.478 e. The second-order valence-corrected chi connectivity index (χ2v) is 6.68. The number of carbonyl (C=O) groups is 1. The highest BCUT2D eigenvalue weighted by molar-refractivity contribution is 7.90. The molecule has 0 spiro atoms. The first-order chi connectivity index (χ1) is 9.09. The van der Waals surface area contributed by atoms with E-state index >= 15 is 0 Å². The van der Waals surface area contributed by atoms with E-state index in [1.807, 2.05) is 0 Å². The van der Waals surface area contributed by atoms with Crippen molar-refractivity contribution in [2.24, 2.45) is 0 Å². The number of benzene rings is 1. The number of rotatable bonds is 5. The summed E-state index contributed by atoms with van der Waals surface area (Å²) in [5.41, 5.74) is 6.08. The van der Waals surface area contributed by atoms with E-state index in [9.17, 15) is 13.2 Å². The fraction of sp³-hybridized carbons (Fsp3) is 0.417. The predicted molar refractivity (Wildman–Crippen MR) is 78.0 cm³/mol. The van der Waals surface area contributed by atoms with E-state index in [1.165, 1.54) is 36.6 Å². The van der Waals surface area contributed by atoms with Crippen molar-refractivity contribution in [1.29, 1.82) is 0 Å². The minimum absolute atomic E-state index is 0.00858. The molecule has 0 saturated heterocycles.